The van der Waals surface area contributed by atoms with Crippen LogP contribution < -0.4 is 0 Å². The third kappa shape index (κ3) is 2.59. The second-order valence-corrected chi connectivity index (χ2v) is 3.50. The molecule has 1 aromatic rings. The summed E-state index contributed by atoms with van der Waals surface area (Å²) >= 11 is 0. The molecule has 0 N–H and O–H groups in total. The Hall–Kier alpha value is -0.760. The number of hydrogen-bond acceptors (Lipinski definition) is 2. The molecule has 0 bridgehead atoms. The number of aryl methyl sites for hydroxylation is 1. The van der Waals surface area contributed by atoms with Crippen LogP contribution in [0.1, 0.15) is 31.8 Å². The summed E-state index contributed by atoms with van der Waals surface area (Å²) in [4.78, 5) is 2.44. The number of rotatable bonds is 2. The van der Waals surface area contributed by atoms with Crippen LogP contribution in [-0.4, -0.2) is 18.0 Å². The van der Waals surface area contributed by atoms with Gasteiger partial charge in [0.2, 0.25) is 0 Å². The molecular weight excluding hydrogens is 162 g/mol. The Labute approximate surface area is 80.5 Å². The largest absolute Gasteiger partial charge is 0.465 e. The second-order valence-electron chi connectivity index (χ2n) is 3.50. The van der Waals surface area contributed by atoms with Gasteiger partial charge in [0, 0.05) is 0 Å². The summed E-state index contributed by atoms with van der Waals surface area (Å²) in [6.45, 7) is 5.46. The van der Waals surface area contributed by atoms with Crippen LogP contribution in [0.25, 0.3) is 0 Å². The van der Waals surface area contributed by atoms with Crippen molar-refractivity contribution in [3.05, 3.63) is 23.7 Å². The fraction of sp³-hybridized carbons (Fsp3) is 0.636. The van der Waals surface area contributed by atoms with E-state index < -0.39 is 0 Å². The fourth-order valence-corrected chi connectivity index (χ4v) is 1.73. The molecule has 2 nitrogen and oxygen atoms in total. The van der Waals surface area contributed by atoms with Gasteiger partial charge in [-0.25, -0.2) is 0 Å². The average molecular weight is 181 g/mol. The molecule has 13 heavy (non-hydrogen) atoms. The van der Waals surface area contributed by atoms with Gasteiger partial charge in [-0.1, -0.05) is 7.43 Å². The molecule has 1 aliphatic rings. The van der Waals surface area contributed by atoms with E-state index >= 15 is 0 Å². The van der Waals surface area contributed by atoms with Crippen molar-refractivity contribution in [2.75, 3.05) is 13.1 Å². The van der Waals surface area contributed by atoms with Gasteiger partial charge < -0.3 is 4.42 Å². The molecule has 0 amide bonds. The molecule has 0 spiro atoms. The van der Waals surface area contributed by atoms with Gasteiger partial charge in [-0.2, -0.15) is 0 Å². The quantitative estimate of drug-likeness (QED) is 0.697. The van der Waals surface area contributed by atoms with E-state index in [4.69, 9.17) is 4.42 Å². The van der Waals surface area contributed by atoms with Crippen LogP contribution in [0.3, 0.4) is 0 Å². The Morgan fingerprint density at radius 2 is 2.00 bits per heavy atom. The van der Waals surface area contributed by atoms with Crippen molar-refractivity contribution in [3.8, 4) is 0 Å². The van der Waals surface area contributed by atoms with Crippen LogP contribution in [0.4, 0.5) is 0 Å². The maximum atomic E-state index is 5.50. The number of nitrogens with zero attached hydrogens (tertiary/aromatic N) is 1. The lowest BCUT2D eigenvalue weighted by atomic mass is 10.4. The zero-order valence-corrected chi connectivity index (χ0v) is 7.55. The third-order valence-electron chi connectivity index (χ3n) is 2.37. The van der Waals surface area contributed by atoms with Crippen molar-refractivity contribution in [3.63, 3.8) is 0 Å². The first-order chi connectivity index (χ1) is 5.84. The first-order valence-corrected chi connectivity index (χ1v) is 4.62. The highest BCUT2D eigenvalue weighted by molar-refractivity contribution is 5.05. The molecular formula is C11H19NO. The van der Waals surface area contributed by atoms with Gasteiger partial charge in [0.25, 0.3) is 0 Å². The van der Waals surface area contributed by atoms with Crippen molar-refractivity contribution in [2.45, 2.75) is 33.7 Å². The molecule has 0 unspecified atom stereocenters. The van der Waals surface area contributed by atoms with Crippen LogP contribution in [0, 0.1) is 6.92 Å². The van der Waals surface area contributed by atoms with Crippen molar-refractivity contribution < 1.29 is 4.42 Å². The molecule has 1 aromatic heterocycles. The maximum Gasteiger partial charge on any atom is 0.118 e. The van der Waals surface area contributed by atoms with E-state index in [1.54, 1.807) is 0 Å². The zero-order chi connectivity index (χ0) is 8.39. The molecule has 2 heteroatoms. The predicted molar refractivity (Wildman–Crippen MR) is 54.7 cm³/mol. The van der Waals surface area contributed by atoms with Crippen molar-refractivity contribution in [2.24, 2.45) is 0 Å². The van der Waals surface area contributed by atoms with E-state index in [1.807, 2.05) is 13.0 Å². The van der Waals surface area contributed by atoms with E-state index in [2.05, 4.69) is 11.0 Å². The molecule has 1 saturated heterocycles. The minimum Gasteiger partial charge on any atom is -0.465 e. The fourth-order valence-electron chi connectivity index (χ4n) is 1.73. The van der Waals surface area contributed by atoms with E-state index in [0.717, 1.165) is 18.1 Å². The van der Waals surface area contributed by atoms with E-state index in [1.165, 1.54) is 25.9 Å². The highest BCUT2D eigenvalue weighted by atomic mass is 16.3. The normalized spacial score (nSPS) is 17.3. The molecule has 0 aromatic carbocycles. The second kappa shape index (κ2) is 4.47. The minimum atomic E-state index is 0. The summed E-state index contributed by atoms with van der Waals surface area (Å²) in [5.74, 6) is 2.12. The monoisotopic (exact) mass is 181 g/mol. The van der Waals surface area contributed by atoms with Crippen LogP contribution >= 0.6 is 0 Å². The number of likely N-dealkylation sites (tertiary alicyclic amines) is 1. The number of furan rings is 1. The topological polar surface area (TPSA) is 16.4 Å². The van der Waals surface area contributed by atoms with Crippen LogP contribution in [-0.2, 0) is 6.54 Å². The van der Waals surface area contributed by atoms with E-state index in [9.17, 15) is 0 Å². The standard InChI is InChI=1S/C10H15NO.CH4/c1-9-4-5-10(12-9)8-11-6-2-3-7-11;/h4-5H,2-3,6-8H2,1H3;1H4. The van der Waals surface area contributed by atoms with Crippen molar-refractivity contribution >= 4 is 0 Å². The van der Waals surface area contributed by atoms with Gasteiger partial charge in [-0.3, -0.25) is 4.90 Å². The highest BCUT2D eigenvalue weighted by Gasteiger charge is 2.12. The summed E-state index contributed by atoms with van der Waals surface area (Å²) in [5, 5.41) is 0. The van der Waals surface area contributed by atoms with E-state index in [-0.39, 0.29) is 7.43 Å². The van der Waals surface area contributed by atoms with Gasteiger partial charge >= 0.3 is 0 Å². The van der Waals surface area contributed by atoms with Crippen LogP contribution in [0.2, 0.25) is 0 Å². The Kier molecular flexibility index (Phi) is 3.55. The van der Waals surface area contributed by atoms with Gasteiger partial charge in [-0.05, 0) is 45.0 Å². The lowest BCUT2D eigenvalue weighted by Crippen LogP contribution is -2.17. The van der Waals surface area contributed by atoms with Crippen LogP contribution in [0.5, 0.6) is 0 Å². The minimum absolute atomic E-state index is 0. The number of hydrogen-bond donors (Lipinski definition) is 0. The highest BCUT2D eigenvalue weighted by Crippen LogP contribution is 2.14. The van der Waals surface area contributed by atoms with Crippen LogP contribution in [0.15, 0.2) is 16.5 Å². The SMILES string of the molecule is C.Cc1ccc(CN2CCCC2)o1. The van der Waals surface area contributed by atoms with E-state index in [0.29, 0.717) is 0 Å². The summed E-state index contributed by atoms with van der Waals surface area (Å²) in [5.41, 5.74) is 0. The van der Waals surface area contributed by atoms with Crippen molar-refractivity contribution in [1.82, 2.24) is 4.90 Å². The molecule has 1 fully saturated rings. The Morgan fingerprint density at radius 1 is 1.31 bits per heavy atom. The smallest absolute Gasteiger partial charge is 0.118 e. The molecule has 0 atom stereocenters. The molecule has 0 saturated carbocycles. The Morgan fingerprint density at radius 3 is 2.54 bits per heavy atom. The predicted octanol–water partition coefficient (Wildman–Crippen LogP) is 2.82. The molecule has 1 aliphatic heterocycles. The van der Waals surface area contributed by atoms with Gasteiger partial charge in [0.15, 0.2) is 0 Å². The summed E-state index contributed by atoms with van der Waals surface area (Å²) < 4.78 is 5.50. The maximum absolute atomic E-state index is 5.50. The summed E-state index contributed by atoms with van der Waals surface area (Å²) in [6, 6.07) is 4.11. The Bertz CT molecular complexity index is 248. The molecule has 0 aliphatic carbocycles. The lowest BCUT2D eigenvalue weighted by molar-refractivity contribution is 0.295. The zero-order valence-electron chi connectivity index (χ0n) is 7.55. The third-order valence-corrected chi connectivity index (χ3v) is 2.37. The molecule has 2 heterocycles. The Balaban J connectivity index is 0.000000845. The first-order valence-electron chi connectivity index (χ1n) is 4.62. The van der Waals surface area contributed by atoms with Gasteiger partial charge in [0.05, 0.1) is 6.54 Å². The first kappa shape index (κ1) is 10.3. The molecule has 0 radical (unpaired) electrons. The average Bonchev–Trinajstić information content (AvgIpc) is 2.63. The van der Waals surface area contributed by atoms with Crippen molar-refractivity contribution in [1.29, 1.82) is 0 Å². The van der Waals surface area contributed by atoms with Gasteiger partial charge in [0.1, 0.15) is 11.5 Å². The molecule has 2 rings (SSSR count). The summed E-state index contributed by atoms with van der Waals surface area (Å²) in [7, 11) is 0. The lowest BCUT2D eigenvalue weighted by Gasteiger charge is -2.11. The van der Waals surface area contributed by atoms with Gasteiger partial charge in [-0.15, -0.1) is 0 Å². The summed E-state index contributed by atoms with van der Waals surface area (Å²) in [6.07, 6.45) is 2.69. The molecule has 74 valence electrons.